The predicted octanol–water partition coefficient (Wildman–Crippen LogP) is 0.946. The molecule has 1 unspecified atom stereocenters. The van der Waals surface area contributed by atoms with Crippen LogP contribution in [0, 0.1) is 0 Å². The van der Waals surface area contributed by atoms with Crippen molar-refractivity contribution in [1.82, 2.24) is 14.3 Å². The molecule has 1 aliphatic rings. The standard InChI is InChI=1S/C15H19N3O3/c1-15(2)10-18(7-11(9-19)21-15)14(20)12-8-17-6-4-3-5-13(17)16-12/h3-6,8,11,19H,7,9-10H2,1-2H3. The van der Waals surface area contributed by atoms with Crippen molar-refractivity contribution in [3.63, 3.8) is 0 Å². The zero-order chi connectivity index (χ0) is 15.0. The Labute approximate surface area is 123 Å². The molecule has 0 saturated carbocycles. The van der Waals surface area contributed by atoms with Crippen molar-refractivity contribution in [2.24, 2.45) is 0 Å². The van der Waals surface area contributed by atoms with Crippen LogP contribution in [0.25, 0.3) is 5.65 Å². The molecule has 0 bridgehead atoms. The lowest BCUT2D eigenvalue weighted by atomic mass is 10.0. The normalized spacial score (nSPS) is 21.7. The molecule has 2 aromatic rings. The van der Waals surface area contributed by atoms with E-state index in [0.717, 1.165) is 5.65 Å². The molecule has 0 aliphatic carbocycles. The summed E-state index contributed by atoms with van der Waals surface area (Å²) in [5.41, 5.74) is 0.683. The molecule has 6 nitrogen and oxygen atoms in total. The van der Waals surface area contributed by atoms with Crippen LogP contribution in [0.3, 0.4) is 0 Å². The number of imidazole rings is 1. The van der Waals surface area contributed by atoms with E-state index in [4.69, 9.17) is 4.74 Å². The second-order valence-electron chi connectivity index (χ2n) is 5.96. The molecular weight excluding hydrogens is 270 g/mol. The lowest BCUT2D eigenvalue weighted by Crippen LogP contribution is -2.55. The Kier molecular flexibility index (Phi) is 3.43. The van der Waals surface area contributed by atoms with Crippen molar-refractivity contribution in [2.45, 2.75) is 25.6 Å². The summed E-state index contributed by atoms with van der Waals surface area (Å²) in [5, 5.41) is 9.33. The summed E-state index contributed by atoms with van der Waals surface area (Å²) in [6.45, 7) is 4.60. The summed E-state index contributed by atoms with van der Waals surface area (Å²) in [6.07, 6.45) is 3.24. The van der Waals surface area contributed by atoms with Crippen LogP contribution in [0.15, 0.2) is 30.6 Å². The van der Waals surface area contributed by atoms with E-state index in [9.17, 15) is 9.90 Å². The molecule has 2 aromatic heterocycles. The van der Waals surface area contributed by atoms with E-state index in [1.807, 2.05) is 42.6 Å². The highest BCUT2D eigenvalue weighted by atomic mass is 16.5. The number of hydrogen-bond donors (Lipinski definition) is 1. The zero-order valence-electron chi connectivity index (χ0n) is 12.2. The topological polar surface area (TPSA) is 67.1 Å². The van der Waals surface area contributed by atoms with E-state index in [-0.39, 0.29) is 18.6 Å². The van der Waals surface area contributed by atoms with Crippen molar-refractivity contribution in [2.75, 3.05) is 19.7 Å². The summed E-state index contributed by atoms with van der Waals surface area (Å²) < 4.78 is 7.55. The molecule has 3 heterocycles. The highest BCUT2D eigenvalue weighted by Crippen LogP contribution is 2.22. The molecule has 1 aliphatic heterocycles. The first-order chi connectivity index (χ1) is 9.98. The van der Waals surface area contributed by atoms with Gasteiger partial charge in [0.15, 0.2) is 0 Å². The number of fused-ring (bicyclic) bond motifs is 1. The Morgan fingerprint density at radius 2 is 2.33 bits per heavy atom. The first-order valence-corrected chi connectivity index (χ1v) is 7.00. The molecule has 21 heavy (non-hydrogen) atoms. The van der Waals surface area contributed by atoms with Gasteiger partial charge in [-0.2, -0.15) is 0 Å². The highest BCUT2D eigenvalue weighted by Gasteiger charge is 2.36. The summed E-state index contributed by atoms with van der Waals surface area (Å²) in [4.78, 5) is 18.7. The maximum absolute atomic E-state index is 12.6. The smallest absolute Gasteiger partial charge is 0.274 e. The number of ether oxygens (including phenoxy) is 1. The zero-order valence-corrected chi connectivity index (χ0v) is 12.2. The van der Waals surface area contributed by atoms with Crippen LogP contribution < -0.4 is 0 Å². The van der Waals surface area contributed by atoms with Gasteiger partial charge >= 0.3 is 0 Å². The quantitative estimate of drug-likeness (QED) is 0.893. The van der Waals surface area contributed by atoms with E-state index in [0.29, 0.717) is 18.8 Å². The number of aromatic nitrogens is 2. The maximum atomic E-state index is 12.6. The molecule has 1 saturated heterocycles. The molecule has 3 rings (SSSR count). The third-order valence-corrected chi connectivity index (χ3v) is 3.56. The summed E-state index contributed by atoms with van der Waals surface area (Å²) in [5.74, 6) is -0.131. The van der Waals surface area contributed by atoms with E-state index in [1.165, 1.54) is 0 Å². The minimum absolute atomic E-state index is 0.0988. The average Bonchev–Trinajstić information content (AvgIpc) is 2.88. The largest absolute Gasteiger partial charge is 0.394 e. The second kappa shape index (κ2) is 5.13. The van der Waals surface area contributed by atoms with E-state index < -0.39 is 5.60 Å². The number of aliphatic hydroxyl groups excluding tert-OH is 1. The van der Waals surface area contributed by atoms with Gasteiger partial charge in [-0.3, -0.25) is 4.79 Å². The maximum Gasteiger partial charge on any atom is 0.274 e. The Balaban J connectivity index is 1.86. The van der Waals surface area contributed by atoms with Crippen LogP contribution in [0.1, 0.15) is 24.3 Å². The van der Waals surface area contributed by atoms with Crippen LogP contribution in [0.2, 0.25) is 0 Å². The fraction of sp³-hybridized carbons (Fsp3) is 0.467. The van der Waals surface area contributed by atoms with Crippen LogP contribution >= 0.6 is 0 Å². The van der Waals surface area contributed by atoms with Crippen molar-refractivity contribution < 1.29 is 14.6 Å². The number of aliphatic hydroxyl groups is 1. The van der Waals surface area contributed by atoms with Gasteiger partial charge in [-0.15, -0.1) is 0 Å². The van der Waals surface area contributed by atoms with Gasteiger partial charge in [-0.25, -0.2) is 4.98 Å². The van der Waals surface area contributed by atoms with Crippen LogP contribution in [-0.4, -0.2) is 56.7 Å². The van der Waals surface area contributed by atoms with Crippen LogP contribution in [0.4, 0.5) is 0 Å². The number of carbonyl (C=O) groups excluding carboxylic acids is 1. The summed E-state index contributed by atoms with van der Waals surface area (Å²) in [6, 6.07) is 5.63. The Hall–Kier alpha value is -1.92. The van der Waals surface area contributed by atoms with Gasteiger partial charge in [0.05, 0.1) is 18.3 Å². The number of pyridine rings is 1. The van der Waals surface area contributed by atoms with Gasteiger partial charge in [0.25, 0.3) is 5.91 Å². The molecule has 1 atom stereocenters. The first-order valence-electron chi connectivity index (χ1n) is 7.00. The molecule has 1 fully saturated rings. The van der Waals surface area contributed by atoms with Gasteiger partial charge in [0.1, 0.15) is 11.3 Å². The van der Waals surface area contributed by atoms with E-state index >= 15 is 0 Å². The third-order valence-electron chi connectivity index (χ3n) is 3.56. The molecule has 0 spiro atoms. The second-order valence-corrected chi connectivity index (χ2v) is 5.96. The molecule has 6 heteroatoms. The van der Waals surface area contributed by atoms with Gasteiger partial charge in [0.2, 0.25) is 0 Å². The predicted molar refractivity (Wildman–Crippen MR) is 77.1 cm³/mol. The van der Waals surface area contributed by atoms with Crippen molar-refractivity contribution in [1.29, 1.82) is 0 Å². The molecule has 0 aromatic carbocycles. The Bertz CT molecular complexity index is 632. The number of rotatable bonds is 2. The molecule has 1 N–H and O–H groups in total. The van der Waals surface area contributed by atoms with Crippen LogP contribution in [-0.2, 0) is 4.74 Å². The lowest BCUT2D eigenvalue weighted by Gasteiger charge is -2.42. The fourth-order valence-corrected chi connectivity index (χ4v) is 2.75. The van der Waals surface area contributed by atoms with Crippen LogP contribution in [0.5, 0.6) is 0 Å². The molecular formula is C15H19N3O3. The minimum atomic E-state index is -0.472. The Morgan fingerprint density at radius 3 is 3.05 bits per heavy atom. The average molecular weight is 289 g/mol. The number of carbonyl (C=O) groups is 1. The monoisotopic (exact) mass is 289 g/mol. The third kappa shape index (κ3) is 2.77. The minimum Gasteiger partial charge on any atom is -0.394 e. The van der Waals surface area contributed by atoms with Crippen molar-refractivity contribution in [3.05, 3.63) is 36.3 Å². The lowest BCUT2D eigenvalue weighted by molar-refractivity contribution is -0.139. The molecule has 1 amide bonds. The van der Waals surface area contributed by atoms with Gasteiger partial charge in [-0.1, -0.05) is 6.07 Å². The summed E-state index contributed by atoms with van der Waals surface area (Å²) in [7, 11) is 0. The summed E-state index contributed by atoms with van der Waals surface area (Å²) >= 11 is 0. The molecule has 0 radical (unpaired) electrons. The van der Waals surface area contributed by atoms with E-state index in [2.05, 4.69) is 4.98 Å². The van der Waals surface area contributed by atoms with Crippen molar-refractivity contribution >= 4 is 11.6 Å². The van der Waals surface area contributed by atoms with Crippen molar-refractivity contribution in [3.8, 4) is 0 Å². The van der Waals surface area contributed by atoms with Gasteiger partial charge in [-0.05, 0) is 26.0 Å². The number of hydrogen-bond acceptors (Lipinski definition) is 4. The van der Waals surface area contributed by atoms with E-state index in [1.54, 1.807) is 11.1 Å². The number of amides is 1. The van der Waals surface area contributed by atoms with Gasteiger partial charge in [0, 0.05) is 25.5 Å². The fourth-order valence-electron chi connectivity index (χ4n) is 2.75. The number of morpholine rings is 1. The number of nitrogens with zero attached hydrogens (tertiary/aromatic N) is 3. The Morgan fingerprint density at radius 1 is 1.52 bits per heavy atom. The molecule has 112 valence electrons. The highest BCUT2D eigenvalue weighted by molar-refractivity contribution is 5.93. The van der Waals surface area contributed by atoms with Gasteiger partial charge < -0.3 is 19.1 Å². The SMILES string of the molecule is CC1(C)CN(C(=O)c2cn3ccccc3n2)CC(CO)O1. The first kappa shape index (κ1) is 14.0.